The average Bonchev–Trinajstić information content (AvgIpc) is 2.52. The summed E-state index contributed by atoms with van der Waals surface area (Å²) in [5.41, 5.74) is 10.6. The van der Waals surface area contributed by atoms with Crippen molar-refractivity contribution in [1.29, 1.82) is 0 Å². The van der Waals surface area contributed by atoms with Gasteiger partial charge in [0.2, 0.25) is 0 Å². The number of aliphatic imine (C=N–C) groups is 1. The first-order valence-corrected chi connectivity index (χ1v) is 8.34. The molecule has 0 radical (unpaired) electrons. The Kier molecular flexibility index (Phi) is 8.75. The Labute approximate surface area is 167 Å². The van der Waals surface area contributed by atoms with Crippen molar-refractivity contribution < 1.29 is 4.74 Å². The van der Waals surface area contributed by atoms with Crippen molar-refractivity contribution >= 4 is 35.6 Å². The maximum atomic E-state index is 5.96. The summed E-state index contributed by atoms with van der Waals surface area (Å²) in [7, 11) is 0. The van der Waals surface area contributed by atoms with Gasteiger partial charge in [-0.1, -0.05) is 18.2 Å². The van der Waals surface area contributed by atoms with Gasteiger partial charge in [-0.3, -0.25) is 4.99 Å². The van der Waals surface area contributed by atoms with E-state index in [0.717, 1.165) is 17.9 Å². The van der Waals surface area contributed by atoms with Crippen LogP contribution in [0.1, 0.15) is 30.5 Å². The molecule has 0 fully saturated rings. The Morgan fingerprint density at radius 1 is 1.08 bits per heavy atom. The minimum atomic E-state index is 0. The monoisotopic (exact) mass is 453 g/mol. The molecule has 2 aromatic carbocycles. The van der Waals surface area contributed by atoms with E-state index < -0.39 is 0 Å². The summed E-state index contributed by atoms with van der Waals surface area (Å²) in [6.45, 7) is 8.87. The van der Waals surface area contributed by atoms with Gasteiger partial charge in [-0.2, -0.15) is 0 Å². The van der Waals surface area contributed by atoms with Crippen LogP contribution in [0, 0.1) is 13.8 Å². The molecule has 0 unspecified atom stereocenters. The van der Waals surface area contributed by atoms with Gasteiger partial charge in [0.25, 0.3) is 0 Å². The molecule has 2 rings (SSSR count). The highest BCUT2D eigenvalue weighted by molar-refractivity contribution is 14.0. The number of guanidine groups is 1. The van der Waals surface area contributed by atoms with Crippen LogP contribution >= 0.6 is 24.0 Å². The summed E-state index contributed by atoms with van der Waals surface area (Å²) >= 11 is 0. The van der Waals surface area contributed by atoms with Crippen molar-refractivity contribution in [2.45, 2.75) is 40.2 Å². The maximum absolute atomic E-state index is 5.96. The highest BCUT2D eigenvalue weighted by Crippen LogP contribution is 2.15. The fourth-order valence-corrected chi connectivity index (χ4v) is 2.32. The van der Waals surface area contributed by atoms with Crippen molar-refractivity contribution in [3.8, 4) is 5.75 Å². The first-order valence-electron chi connectivity index (χ1n) is 8.34. The number of ether oxygens (including phenoxy) is 1. The Morgan fingerprint density at radius 3 is 2.36 bits per heavy atom. The van der Waals surface area contributed by atoms with E-state index in [9.17, 15) is 0 Å². The molecule has 0 saturated carbocycles. The zero-order chi connectivity index (χ0) is 17.5. The molecule has 0 spiro atoms. The third-order valence-electron chi connectivity index (χ3n) is 3.76. The van der Waals surface area contributed by atoms with Crippen LogP contribution in [0.25, 0.3) is 0 Å². The predicted octanol–water partition coefficient (Wildman–Crippen LogP) is 4.68. The topological polar surface area (TPSA) is 59.6 Å². The van der Waals surface area contributed by atoms with Gasteiger partial charge >= 0.3 is 0 Å². The standard InChI is InChI=1S/C20H27N3O.HI/c1-14(2)24-19-9-6-17(7-10-19)11-12-22-20(21)23-18-8-5-15(3)16(4)13-18;/h5-10,13-14H,11-12H2,1-4H3,(H3,21,22,23);1H. The van der Waals surface area contributed by atoms with E-state index in [1.54, 1.807) is 0 Å². The highest BCUT2D eigenvalue weighted by atomic mass is 127. The van der Waals surface area contributed by atoms with Crippen LogP contribution in [0.3, 0.4) is 0 Å². The number of aryl methyl sites for hydroxylation is 2. The molecule has 0 amide bonds. The van der Waals surface area contributed by atoms with Crippen molar-refractivity contribution in [2.24, 2.45) is 10.7 Å². The molecule has 0 aliphatic carbocycles. The minimum Gasteiger partial charge on any atom is -0.491 e. The normalized spacial score (nSPS) is 11.2. The summed E-state index contributed by atoms with van der Waals surface area (Å²) in [4.78, 5) is 4.39. The Morgan fingerprint density at radius 2 is 1.76 bits per heavy atom. The Bertz CT molecular complexity index is 697. The van der Waals surface area contributed by atoms with E-state index in [4.69, 9.17) is 10.5 Å². The van der Waals surface area contributed by atoms with Gasteiger partial charge in [-0.25, -0.2) is 0 Å². The summed E-state index contributed by atoms with van der Waals surface area (Å²) in [6.07, 6.45) is 1.04. The summed E-state index contributed by atoms with van der Waals surface area (Å²) in [5.74, 6) is 1.34. The molecule has 0 bridgehead atoms. The molecule has 0 atom stereocenters. The highest BCUT2D eigenvalue weighted by Gasteiger charge is 2.00. The lowest BCUT2D eigenvalue weighted by Gasteiger charge is -2.10. The van der Waals surface area contributed by atoms with Gasteiger partial charge in [0.1, 0.15) is 5.75 Å². The van der Waals surface area contributed by atoms with Gasteiger partial charge in [0.15, 0.2) is 5.96 Å². The largest absolute Gasteiger partial charge is 0.491 e. The molecule has 2 aromatic rings. The molecule has 25 heavy (non-hydrogen) atoms. The second kappa shape index (κ2) is 10.3. The molecule has 5 heteroatoms. The number of anilines is 1. The fraction of sp³-hybridized carbons (Fsp3) is 0.350. The van der Waals surface area contributed by atoms with E-state index in [-0.39, 0.29) is 30.1 Å². The van der Waals surface area contributed by atoms with Crippen molar-refractivity contribution in [2.75, 3.05) is 11.9 Å². The van der Waals surface area contributed by atoms with Crippen LogP contribution in [0.4, 0.5) is 5.69 Å². The van der Waals surface area contributed by atoms with Gasteiger partial charge in [-0.05, 0) is 75.1 Å². The van der Waals surface area contributed by atoms with Gasteiger partial charge in [0.05, 0.1) is 6.10 Å². The molecule has 0 aliphatic heterocycles. The number of hydrogen-bond acceptors (Lipinski definition) is 2. The fourth-order valence-electron chi connectivity index (χ4n) is 2.32. The molecule has 4 nitrogen and oxygen atoms in total. The SMILES string of the molecule is Cc1ccc(NC(N)=NCCc2ccc(OC(C)C)cc2)cc1C.I. The first-order chi connectivity index (χ1) is 11.4. The second-order valence-electron chi connectivity index (χ2n) is 6.25. The number of nitrogens with one attached hydrogen (secondary N) is 1. The lowest BCUT2D eigenvalue weighted by Crippen LogP contribution is -2.23. The molecular formula is C20H28IN3O. The number of benzene rings is 2. The van der Waals surface area contributed by atoms with Gasteiger partial charge in [0, 0.05) is 12.2 Å². The van der Waals surface area contributed by atoms with Crippen molar-refractivity contribution in [3.63, 3.8) is 0 Å². The number of halogens is 1. The van der Waals surface area contributed by atoms with Crippen molar-refractivity contribution in [3.05, 3.63) is 59.2 Å². The van der Waals surface area contributed by atoms with E-state index in [1.165, 1.54) is 16.7 Å². The minimum absolute atomic E-state index is 0. The zero-order valence-corrected chi connectivity index (χ0v) is 17.7. The van der Waals surface area contributed by atoms with Gasteiger partial charge < -0.3 is 15.8 Å². The summed E-state index contributed by atoms with van der Waals surface area (Å²) in [6, 6.07) is 14.3. The molecule has 3 N–H and O–H groups in total. The maximum Gasteiger partial charge on any atom is 0.193 e. The lowest BCUT2D eigenvalue weighted by atomic mass is 10.1. The third kappa shape index (κ3) is 7.34. The van der Waals surface area contributed by atoms with Crippen LogP contribution < -0.4 is 15.8 Å². The zero-order valence-electron chi connectivity index (χ0n) is 15.4. The first kappa shape index (κ1) is 21.3. The van der Waals surface area contributed by atoms with E-state index in [1.807, 2.05) is 32.0 Å². The Balaban J connectivity index is 0.00000312. The van der Waals surface area contributed by atoms with Crippen LogP contribution in [0.2, 0.25) is 0 Å². The lowest BCUT2D eigenvalue weighted by molar-refractivity contribution is 0.242. The molecule has 0 saturated heterocycles. The third-order valence-corrected chi connectivity index (χ3v) is 3.76. The van der Waals surface area contributed by atoms with E-state index >= 15 is 0 Å². The average molecular weight is 453 g/mol. The number of nitrogens with two attached hydrogens (primary N) is 1. The number of rotatable bonds is 6. The molecule has 0 heterocycles. The predicted molar refractivity (Wildman–Crippen MR) is 117 cm³/mol. The van der Waals surface area contributed by atoms with Gasteiger partial charge in [-0.15, -0.1) is 24.0 Å². The van der Waals surface area contributed by atoms with Crippen LogP contribution in [-0.2, 0) is 6.42 Å². The number of nitrogens with zero attached hydrogens (tertiary/aromatic N) is 1. The Hall–Kier alpha value is -1.76. The smallest absolute Gasteiger partial charge is 0.193 e. The molecular weight excluding hydrogens is 425 g/mol. The molecule has 136 valence electrons. The van der Waals surface area contributed by atoms with E-state index in [2.05, 4.69) is 48.4 Å². The summed E-state index contributed by atoms with van der Waals surface area (Å²) < 4.78 is 5.64. The van der Waals surface area contributed by atoms with Crippen LogP contribution in [0.5, 0.6) is 5.75 Å². The number of hydrogen-bond donors (Lipinski definition) is 2. The van der Waals surface area contributed by atoms with Crippen LogP contribution in [0.15, 0.2) is 47.5 Å². The van der Waals surface area contributed by atoms with E-state index in [0.29, 0.717) is 12.5 Å². The quantitative estimate of drug-likeness (QED) is 0.380. The summed E-state index contributed by atoms with van der Waals surface area (Å²) in [5, 5.41) is 3.13. The van der Waals surface area contributed by atoms with Crippen molar-refractivity contribution in [1.82, 2.24) is 0 Å². The molecule has 0 aromatic heterocycles. The van der Waals surface area contributed by atoms with Crippen LogP contribution in [-0.4, -0.2) is 18.6 Å². The molecule has 0 aliphatic rings. The second-order valence-corrected chi connectivity index (χ2v) is 6.25.